The zero-order chi connectivity index (χ0) is 12.1. The predicted molar refractivity (Wildman–Crippen MR) is 74.0 cm³/mol. The molecule has 3 heteroatoms. The zero-order valence-corrected chi connectivity index (χ0v) is 11.4. The maximum absolute atomic E-state index is 5.78. The average molecular weight is 267 g/mol. The second-order valence-corrected chi connectivity index (χ2v) is 5.31. The highest BCUT2D eigenvalue weighted by atomic mass is 35.5. The van der Waals surface area contributed by atoms with Crippen LogP contribution in [-0.2, 0) is 18.9 Å². The Bertz CT molecular complexity index is 479. The molecule has 17 heavy (non-hydrogen) atoms. The van der Waals surface area contributed by atoms with Crippen molar-refractivity contribution in [3.8, 4) is 5.75 Å². The maximum Gasteiger partial charge on any atom is 0.122 e. The molecule has 1 heterocycles. The summed E-state index contributed by atoms with van der Waals surface area (Å²) in [4.78, 5) is 2.66. The summed E-state index contributed by atoms with van der Waals surface area (Å²) < 4.78 is 5.74. The van der Waals surface area contributed by atoms with Gasteiger partial charge in [-0.2, -0.15) is 0 Å². The Morgan fingerprint density at radius 3 is 2.71 bits per heavy atom. The Morgan fingerprint density at radius 1 is 1.18 bits per heavy atom. The van der Waals surface area contributed by atoms with Crippen LogP contribution in [0.3, 0.4) is 0 Å². The second kappa shape index (κ2) is 6.08. The van der Waals surface area contributed by atoms with Crippen LogP contribution < -0.4 is 4.74 Å². The molecule has 0 spiro atoms. The number of alkyl halides is 1. The second-order valence-electron chi connectivity index (χ2n) is 3.79. The lowest BCUT2D eigenvalue weighted by Crippen LogP contribution is -1.93. The van der Waals surface area contributed by atoms with Gasteiger partial charge in [0.25, 0.3) is 0 Å². The molecule has 0 amide bonds. The molecule has 0 aliphatic heterocycles. The van der Waals surface area contributed by atoms with Gasteiger partial charge < -0.3 is 4.74 Å². The molecule has 0 unspecified atom stereocenters. The summed E-state index contributed by atoms with van der Waals surface area (Å²) in [5.74, 6) is 1.41. The van der Waals surface area contributed by atoms with Gasteiger partial charge in [-0.05, 0) is 36.2 Å². The Kier molecular flexibility index (Phi) is 4.46. The van der Waals surface area contributed by atoms with Gasteiger partial charge in [0.1, 0.15) is 12.4 Å². The largest absolute Gasteiger partial charge is 0.488 e. The first-order valence-corrected chi connectivity index (χ1v) is 7.02. The number of hydrogen-bond donors (Lipinski definition) is 0. The van der Waals surface area contributed by atoms with E-state index in [0.717, 1.165) is 17.7 Å². The highest BCUT2D eigenvalue weighted by molar-refractivity contribution is 7.11. The minimum atomic E-state index is 0.524. The fraction of sp³-hybridized carbons (Fsp3) is 0.286. The van der Waals surface area contributed by atoms with Gasteiger partial charge in [-0.15, -0.1) is 22.9 Å². The van der Waals surface area contributed by atoms with Crippen molar-refractivity contribution in [2.45, 2.75) is 25.8 Å². The first-order chi connectivity index (χ1) is 8.31. The van der Waals surface area contributed by atoms with E-state index in [9.17, 15) is 0 Å². The van der Waals surface area contributed by atoms with E-state index in [-0.39, 0.29) is 0 Å². The molecule has 2 aromatic rings. The Morgan fingerprint density at radius 2 is 2.00 bits per heavy atom. The van der Waals surface area contributed by atoms with Crippen LogP contribution in [0.5, 0.6) is 5.75 Å². The van der Waals surface area contributed by atoms with Crippen LogP contribution in [0, 0.1) is 0 Å². The summed E-state index contributed by atoms with van der Waals surface area (Å²) in [5, 5.41) is 0. The summed E-state index contributed by atoms with van der Waals surface area (Å²) in [7, 11) is 0. The molecule has 0 atom stereocenters. The Labute approximate surface area is 111 Å². The van der Waals surface area contributed by atoms with Crippen LogP contribution in [0.2, 0.25) is 0 Å². The van der Waals surface area contributed by atoms with Crippen molar-refractivity contribution in [1.29, 1.82) is 0 Å². The summed E-state index contributed by atoms with van der Waals surface area (Å²) in [5.41, 5.74) is 1.09. The molecule has 0 aliphatic rings. The molecule has 0 N–H and O–H groups in total. The molecule has 1 aromatic carbocycles. The Hall–Kier alpha value is -0.990. The summed E-state index contributed by atoms with van der Waals surface area (Å²) in [6, 6.07) is 12.2. The number of ether oxygens (including phenoxy) is 1. The molecule has 90 valence electrons. The molecular weight excluding hydrogens is 252 g/mol. The van der Waals surface area contributed by atoms with Gasteiger partial charge in [-0.3, -0.25) is 0 Å². The van der Waals surface area contributed by atoms with E-state index < -0.39 is 0 Å². The minimum Gasteiger partial charge on any atom is -0.488 e. The van der Waals surface area contributed by atoms with Crippen LogP contribution in [-0.4, -0.2) is 0 Å². The van der Waals surface area contributed by atoms with Crippen molar-refractivity contribution in [2.75, 3.05) is 0 Å². The fourth-order valence-electron chi connectivity index (χ4n) is 1.56. The van der Waals surface area contributed by atoms with E-state index in [1.54, 1.807) is 0 Å². The van der Waals surface area contributed by atoms with E-state index in [4.69, 9.17) is 16.3 Å². The van der Waals surface area contributed by atoms with Crippen molar-refractivity contribution >= 4 is 22.9 Å². The van der Waals surface area contributed by atoms with Crippen molar-refractivity contribution < 1.29 is 4.74 Å². The molecule has 0 bridgehead atoms. The van der Waals surface area contributed by atoms with Crippen LogP contribution in [0.1, 0.15) is 22.2 Å². The third-order valence-electron chi connectivity index (χ3n) is 2.50. The monoisotopic (exact) mass is 266 g/mol. The molecule has 0 radical (unpaired) electrons. The average Bonchev–Trinajstić information content (AvgIpc) is 2.84. The predicted octanol–water partition coefficient (Wildman–Crippen LogP) is 4.63. The van der Waals surface area contributed by atoms with Gasteiger partial charge in [-0.25, -0.2) is 0 Å². The molecule has 0 saturated heterocycles. The van der Waals surface area contributed by atoms with E-state index in [1.807, 2.05) is 35.6 Å². The highest BCUT2D eigenvalue weighted by Gasteiger charge is 2.00. The fourth-order valence-corrected chi connectivity index (χ4v) is 2.60. The quantitative estimate of drug-likeness (QED) is 0.717. The van der Waals surface area contributed by atoms with Crippen molar-refractivity contribution in [3.05, 3.63) is 51.7 Å². The number of benzene rings is 1. The summed E-state index contributed by atoms with van der Waals surface area (Å²) in [6.07, 6.45) is 1.09. The third-order valence-corrected chi connectivity index (χ3v) is 4.01. The van der Waals surface area contributed by atoms with Gasteiger partial charge in [-0.1, -0.05) is 19.1 Å². The first kappa shape index (κ1) is 12.5. The van der Waals surface area contributed by atoms with Crippen LogP contribution in [0.15, 0.2) is 36.4 Å². The summed E-state index contributed by atoms with van der Waals surface area (Å²) >= 11 is 7.60. The lowest BCUT2D eigenvalue weighted by molar-refractivity contribution is 0.309. The molecule has 0 aliphatic carbocycles. The van der Waals surface area contributed by atoms with Gasteiger partial charge in [0, 0.05) is 15.6 Å². The van der Waals surface area contributed by atoms with Gasteiger partial charge in [0.2, 0.25) is 0 Å². The summed E-state index contributed by atoms with van der Waals surface area (Å²) in [6.45, 7) is 2.80. The highest BCUT2D eigenvalue weighted by Crippen LogP contribution is 2.20. The van der Waals surface area contributed by atoms with Gasteiger partial charge in [0.05, 0.1) is 0 Å². The van der Waals surface area contributed by atoms with E-state index in [0.29, 0.717) is 12.5 Å². The third kappa shape index (κ3) is 3.48. The van der Waals surface area contributed by atoms with Gasteiger partial charge in [0.15, 0.2) is 0 Å². The standard InChI is InChI=1S/C14H15ClOS/c1-2-13-6-7-14(17-13)10-16-12-5-3-4-11(8-12)9-15/h3-8H,2,9-10H2,1H3. The molecule has 1 nitrogen and oxygen atoms in total. The number of aryl methyl sites for hydroxylation is 1. The Balaban J connectivity index is 1.96. The lowest BCUT2D eigenvalue weighted by Gasteiger charge is -2.05. The topological polar surface area (TPSA) is 9.23 Å². The zero-order valence-electron chi connectivity index (χ0n) is 9.78. The van der Waals surface area contributed by atoms with Crippen LogP contribution in [0.25, 0.3) is 0 Å². The maximum atomic E-state index is 5.78. The van der Waals surface area contributed by atoms with E-state index in [1.165, 1.54) is 9.75 Å². The number of hydrogen-bond acceptors (Lipinski definition) is 2. The SMILES string of the molecule is CCc1ccc(COc2cccc(CCl)c2)s1. The first-order valence-electron chi connectivity index (χ1n) is 5.67. The van der Waals surface area contributed by atoms with Gasteiger partial charge >= 0.3 is 0 Å². The van der Waals surface area contributed by atoms with Crippen LogP contribution >= 0.6 is 22.9 Å². The van der Waals surface area contributed by atoms with Crippen LogP contribution in [0.4, 0.5) is 0 Å². The van der Waals surface area contributed by atoms with E-state index in [2.05, 4.69) is 19.1 Å². The minimum absolute atomic E-state index is 0.524. The molecule has 2 rings (SSSR count). The lowest BCUT2D eigenvalue weighted by atomic mass is 10.2. The van der Waals surface area contributed by atoms with Crippen molar-refractivity contribution in [2.24, 2.45) is 0 Å². The molecule has 0 saturated carbocycles. The molecule has 1 aromatic heterocycles. The number of halogens is 1. The number of thiophene rings is 1. The van der Waals surface area contributed by atoms with E-state index >= 15 is 0 Å². The number of rotatable bonds is 5. The molecule has 0 fully saturated rings. The normalized spacial score (nSPS) is 10.5. The molecular formula is C14H15ClOS. The van der Waals surface area contributed by atoms with Crippen molar-refractivity contribution in [1.82, 2.24) is 0 Å². The van der Waals surface area contributed by atoms with Crippen molar-refractivity contribution in [3.63, 3.8) is 0 Å². The smallest absolute Gasteiger partial charge is 0.122 e.